The summed E-state index contributed by atoms with van der Waals surface area (Å²) in [6.45, 7) is 2.03. The molecular weight excluding hydrogens is 238 g/mol. The van der Waals surface area contributed by atoms with Gasteiger partial charge in [-0.3, -0.25) is 4.79 Å². The van der Waals surface area contributed by atoms with Crippen LogP contribution in [-0.2, 0) is 9.53 Å². The van der Waals surface area contributed by atoms with Gasteiger partial charge in [0.25, 0.3) is 0 Å². The van der Waals surface area contributed by atoms with E-state index in [-0.39, 0.29) is 5.41 Å². The first-order valence-electron chi connectivity index (χ1n) is 7.95. The van der Waals surface area contributed by atoms with Gasteiger partial charge in [0.05, 0.1) is 13.2 Å². The van der Waals surface area contributed by atoms with Gasteiger partial charge in [0, 0.05) is 19.1 Å². The Labute approximate surface area is 116 Å². The van der Waals surface area contributed by atoms with E-state index in [0.29, 0.717) is 18.9 Å². The summed E-state index contributed by atoms with van der Waals surface area (Å²) >= 11 is 0. The number of ether oxygens (including phenoxy) is 1. The van der Waals surface area contributed by atoms with Crippen molar-refractivity contribution >= 4 is 5.78 Å². The highest BCUT2D eigenvalue weighted by molar-refractivity contribution is 5.87. The topological polar surface area (TPSA) is 38.3 Å². The summed E-state index contributed by atoms with van der Waals surface area (Å²) in [6, 6.07) is 0. The van der Waals surface area contributed by atoms with E-state index in [1.165, 1.54) is 44.9 Å². The maximum atomic E-state index is 12.7. The van der Waals surface area contributed by atoms with Gasteiger partial charge in [0.1, 0.15) is 0 Å². The zero-order valence-corrected chi connectivity index (χ0v) is 12.1. The van der Waals surface area contributed by atoms with Crippen LogP contribution in [0.3, 0.4) is 0 Å². The molecule has 2 unspecified atom stereocenters. The van der Waals surface area contributed by atoms with Crippen LogP contribution in [0.5, 0.6) is 0 Å². The Kier molecular flexibility index (Phi) is 3.95. The molecule has 4 bridgehead atoms. The van der Waals surface area contributed by atoms with Crippen LogP contribution in [0, 0.1) is 23.2 Å². The van der Waals surface area contributed by atoms with Crippen LogP contribution >= 0.6 is 0 Å². The Morgan fingerprint density at radius 1 is 1.16 bits per heavy atom. The van der Waals surface area contributed by atoms with Gasteiger partial charge in [0.2, 0.25) is 0 Å². The quantitative estimate of drug-likeness (QED) is 0.749. The van der Waals surface area contributed by atoms with Crippen LogP contribution in [0.4, 0.5) is 0 Å². The van der Waals surface area contributed by atoms with E-state index in [0.717, 1.165) is 24.3 Å². The third kappa shape index (κ3) is 2.73. The largest absolute Gasteiger partial charge is 0.383 e. The highest BCUT2D eigenvalue weighted by Gasteiger charge is 2.51. The number of nitrogens with one attached hydrogen (secondary N) is 1. The summed E-state index contributed by atoms with van der Waals surface area (Å²) in [5.41, 5.74) is 0.0487. The smallest absolute Gasteiger partial charge is 0.152 e. The molecule has 0 saturated heterocycles. The lowest BCUT2D eigenvalue weighted by Gasteiger charge is -2.47. The highest BCUT2D eigenvalue weighted by Crippen LogP contribution is 2.57. The molecule has 3 heteroatoms. The molecule has 4 saturated carbocycles. The van der Waals surface area contributed by atoms with Crippen molar-refractivity contribution in [2.75, 3.05) is 26.8 Å². The molecular formula is C16H27NO2. The van der Waals surface area contributed by atoms with Crippen molar-refractivity contribution < 1.29 is 9.53 Å². The number of carbonyl (C=O) groups excluding carboxylic acids is 1. The SMILES string of the molecule is COCCNCC(=O)C12CC3C[C@@H](CC[C@@H](C3)C1)C2. The Morgan fingerprint density at radius 2 is 1.79 bits per heavy atom. The molecule has 4 fully saturated rings. The average Bonchev–Trinajstić information content (AvgIpc) is 2.61. The summed E-state index contributed by atoms with van der Waals surface area (Å²) in [7, 11) is 1.70. The third-order valence-electron chi connectivity index (χ3n) is 5.71. The highest BCUT2D eigenvalue weighted by atomic mass is 16.5. The minimum absolute atomic E-state index is 0.0487. The predicted molar refractivity (Wildman–Crippen MR) is 75.0 cm³/mol. The molecule has 19 heavy (non-hydrogen) atoms. The fraction of sp³-hybridized carbons (Fsp3) is 0.938. The minimum atomic E-state index is 0.0487. The van der Waals surface area contributed by atoms with Crippen molar-refractivity contribution in [2.24, 2.45) is 23.2 Å². The van der Waals surface area contributed by atoms with E-state index in [1.807, 2.05) is 0 Å². The molecule has 1 N–H and O–H groups in total. The van der Waals surface area contributed by atoms with E-state index in [1.54, 1.807) is 7.11 Å². The lowest BCUT2D eigenvalue weighted by molar-refractivity contribution is -0.135. The number of fused-ring (bicyclic) bond motifs is 1. The van der Waals surface area contributed by atoms with Crippen LogP contribution in [0.15, 0.2) is 0 Å². The number of rotatable bonds is 6. The second-order valence-electron chi connectivity index (χ2n) is 7.13. The number of ketones is 1. The fourth-order valence-electron chi connectivity index (χ4n) is 5.10. The Balaban J connectivity index is 1.63. The normalized spacial score (nSPS) is 40.4. The number of hydrogen-bond acceptors (Lipinski definition) is 3. The Hall–Kier alpha value is -0.410. The van der Waals surface area contributed by atoms with Crippen molar-refractivity contribution in [1.82, 2.24) is 5.32 Å². The van der Waals surface area contributed by atoms with E-state index < -0.39 is 0 Å². The molecule has 0 radical (unpaired) electrons. The zero-order chi connectivity index (χ0) is 13.3. The van der Waals surface area contributed by atoms with Gasteiger partial charge < -0.3 is 10.1 Å². The van der Waals surface area contributed by atoms with E-state index in [2.05, 4.69) is 5.32 Å². The Bertz CT molecular complexity index is 326. The van der Waals surface area contributed by atoms with Gasteiger partial charge in [-0.2, -0.15) is 0 Å². The monoisotopic (exact) mass is 265 g/mol. The fourth-order valence-corrected chi connectivity index (χ4v) is 5.10. The molecule has 0 aromatic heterocycles. The number of carbonyl (C=O) groups is 1. The van der Waals surface area contributed by atoms with Crippen molar-refractivity contribution in [3.63, 3.8) is 0 Å². The molecule has 0 aromatic rings. The number of methoxy groups -OCH3 is 1. The summed E-state index contributed by atoms with van der Waals surface area (Å²) in [5.74, 6) is 3.02. The lowest BCUT2D eigenvalue weighted by Crippen LogP contribution is -2.46. The molecule has 0 spiro atoms. The molecule has 4 rings (SSSR count). The van der Waals surface area contributed by atoms with Crippen LogP contribution in [0.2, 0.25) is 0 Å². The third-order valence-corrected chi connectivity index (χ3v) is 5.71. The summed E-state index contributed by atoms with van der Waals surface area (Å²) in [4.78, 5) is 12.7. The van der Waals surface area contributed by atoms with Gasteiger partial charge in [0.15, 0.2) is 5.78 Å². The van der Waals surface area contributed by atoms with Gasteiger partial charge in [-0.1, -0.05) is 12.8 Å². The molecule has 3 nitrogen and oxygen atoms in total. The van der Waals surface area contributed by atoms with Gasteiger partial charge in [-0.05, 0) is 49.9 Å². The lowest BCUT2D eigenvalue weighted by atomic mass is 9.57. The summed E-state index contributed by atoms with van der Waals surface area (Å²) in [6.07, 6.45) is 9.13. The molecule has 4 aliphatic rings. The van der Waals surface area contributed by atoms with Crippen LogP contribution in [-0.4, -0.2) is 32.6 Å². The molecule has 4 aliphatic carbocycles. The minimum Gasteiger partial charge on any atom is -0.383 e. The predicted octanol–water partition coefficient (Wildman–Crippen LogP) is 2.40. The van der Waals surface area contributed by atoms with Gasteiger partial charge >= 0.3 is 0 Å². The maximum Gasteiger partial charge on any atom is 0.152 e. The molecule has 0 amide bonds. The molecule has 0 aliphatic heterocycles. The van der Waals surface area contributed by atoms with Crippen molar-refractivity contribution in [2.45, 2.75) is 44.9 Å². The second kappa shape index (κ2) is 5.53. The van der Waals surface area contributed by atoms with Crippen LogP contribution in [0.1, 0.15) is 44.9 Å². The second-order valence-corrected chi connectivity index (χ2v) is 7.13. The number of Topliss-reactive ketones (excluding diaryl/α,β-unsaturated/α-hetero) is 1. The maximum absolute atomic E-state index is 12.7. The summed E-state index contributed by atoms with van der Waals surface area (Å²) < 4.78 is 5.02. The van der Waals surface area contributed by atoms with Crippen molar-refractivity contribution in [3.05, 3.63) is 0 Å². The summed E-state index contributed by atoms with van der Waals surface area (Å²) in [5, 5.41) is 3.26. The van der Waals surface area contributed by atoms with Gasteiger partial charge in [-0.25, -0.2) is 0 Å². The first kappa shape index (κ1) is 13.6. The van der Waals surface area contributed by atoms with Crippen molar-refractivity contribution in [3.8, 4) is 0 Å². The van der Waals surface area contributed by atoms with Crippen LogP contribution in [0.25, 0.3) is 0 Å². The standard InChI is InChI=1S/C16H27NO2/c1-19-5-4-17-11-15(18)16-8-12-2-3-13(9-16)7-14(6-12)10-16/h12-14,17H,2-11H2,1H3/t12-,13+,14?,16?. The molecule has 4 atom stereocenters. The van der Waals surface area contributed by atoms with E-state index in [4.69, 9.17) is 4.74 Å². The van der Waals surface area contributed by atoms with Crippen molar-refractivity contribution in [1.29, 1.82) is 0 Å². The molecule has 0 heterocycles. The Morgan fingerprint density at radius 3 is 2.42 bits per heavy atom. The first-order chi connectivity index (χ1) is 9.22. The van der Waals surface area contributed by atoms with E-state index >= 15 is 0 Å². The average molecular weight is 265 g/mol. The van der Waals surface area contributed by atoms with E-state index in [9.17, 15) is 4.79 Å². The molecule has 108 valence electrons. The van der Waals surface area contributed by atoms with Crippen LogP contribution < -0.4 is 5.32 Å². The first-order valence-corrected chi connectivity index (χ1v) is 7.95. The zero-order valence-electron chi connectivity index (χ0n) is 12.1. The molecule has 0 aromatic carbocycles. The van der Waals surface area contributed by atoms with Gasteiger partial charge in [-0.15, -0.1) is 0 Å². The number of hydrogen-bond donors (Lipinski definition) is 1.